The van der Waals surface area contributed by atoms with E-state index in [9.17, 15) is 19.5 Å². The SMILES string of the molecule is COC(=O)N1c2ccc3c(nc(C(=O)N(C)C4CCCCC4)n3[C@@H]3CCC[C@@H](C(=O)O)C3)c2CC[C@@H]1C. The zero-order valence-electron chi connectivity index (χ0n) is 22.1. The summed E-state index contributed by atoms with van der Waals surface area (Å²) >= 11 is 0. The monoisotopic (exact) mass is 510 g/mol. The predicted octanol–water partition coefficient (Wildman–Crippen LogP) is 5.16. The summed E-state index contributed by atoms with van der Waals surface area (Å²) in [5, 5.41) is 9.74. The quantitative estimate of drug-likeness (QED) is 0.609. The normalized spacial score (nSPS) is 24.5. The molecule has 1 aliphatic heterocycles. The molecule has 0 spiro atoms. The number of ether oxygens (including phenoxy) is 1. The zero-order chi connectivity index (χ0) is 26.3. The van der Waals surface area contributed by atoms with Gasteiger partial charge in [0, 0.05) is 30.7 Å². The second kappa shape index (κ2) is 10.3. The molecule has 2 amide bonds. The Bertz CT molecular complexity index is 1200. The van der Waals surface area contributed by atoms with Crippen molar-refractivity contribution in [1.82, 2.24) is 14.5 Å². The Labute approximate surface area is 217 Å². The molecule has 9 heteroatoms. The molecule has 0 unspecified atom stereocenters. The van der Waals surface area contributed by atoms with Gasteiger partial charge in [0.05, 0.1) is 29.7 Å². The number of amides is 2. The largest absolute Gasteiger partial charge is 0.481 e. The summed E-state index contributed by atoms with van der Waals surface area (Å²) < 4.78 is 7.09. The molecule has 2 fully saturated rings. The Morgan fingerprint density at radius 2 is 1.81 bits per heavy atom. The number of aliphatic carboxylic acids is 1. The van der Waals surface area contributed by atoms with E-state index in [1.165, 1.54) is 13.5 Å². The van der Waals surface area contributed by atoms with E-state index in [2.05, 4.69) is 0 Å². The molecule has 0 radical (unpaired) electrons. The third-order valence-electron chi connectivity index (χ3n) is 8.82. The number of aromatic nitrogens is 2. The van der Waals surface area contributed by atoms with Gasteiger partial charge in [-0.3, -0.25) is 14.5 Å². The Morgan fingerprint density at radius 3 is 2.51 bits per heavy atom. The minimum atomic E-state index is -0.776. The number of carbonyl (C=O) groups excluding carboxylic acids is 2. The number of hydrogen-bond acceptors (Lipinski definition) is 5. The van der Waals surface area contributed by atoms with Crippen LogP contribution in [0.5, 0.6) is 0 Å². The molecule has 3 aliphatic rings. The summed E-state index contributed by atoms with van der Waals surface area (Å²) in [5.41, 5.74) is 3.29. The number of hydrogen-bond donors (Lipinski definition) is 1. The maximum atomic E-state index is 14.0. The molecule has 9 nitrogen and oxygen atoms in total. The highest BCUT2D eigenvalue weighted by atomic mass is 16.5. The van der Waals surface area contributed by atoms with E-state index < -0.39 is 18.0 Å². The summed E-state index contributed by atoms with van der Waals surface area (Å²) in [7, 11) is 3.26. The molecule has 200 valence electrons. The molecule has 37 heavy (non-hydrogen) atoms. The molecule has 0 bridgehead atoms. The van der Waals surface area contributed by atoms with Crippen LogP contribution in [-0.4, -0.2) is 63.8 Å². The third kappa shape index (κ3) is 4.57. The van der Waals surface area contributed by atoms with Gasteiger partial charge in [-0.2, -0.15) is 0 Å². The average Bonchev–Trinajstić information content (AvgIpc) is 3.32. The summed E-state index contributed by atoms with van der Waals surface area (Å²) in [6, 6.07) is 3.94. The van der Waals surface area contributed by atoms with Crippen LogP contribution in [0.2, 0.25) is 0 Å². The van der Waals surface area contributed by atoms with Crippen molar-refractivity contribution < 1.29 is 24.2 Å². The van der Waals surface area contributed by atoms with E-state index in [1.54, 1.807) is 4.90 Å². The smallest absolute Gasteiger partial charge is 0.414 e. The van der Waals surface area contributed by atoms with Gasteiger partial charge in [0.25, 0.3) is 5.91 Å². The number of rotatable bonds is 4. The van der Waals surface area contributed by atoms with Crippen LogP contribution in [-0.2, 0) is 16.0 Å². The van der Waals surface area contributed by atoms with Crippen molar-refractivity contribution in [3.8, 4) is 0 Å². The summed E-state index contributed by atoms with van der Waals surface area (Å²) in [4.78, 5) is 47.0. The van der Waals surface area contributed by atoms with Crippen LogP contribution < -0.4 is 4.90 Å². The lowest BCUT2D eigenvalue weighted by Gasteiger charge is -2.34. The minimum Gasteiger partial charge on any atom is -0.481 e. The van der Waals surface area contributed by atoms with Gasteiger partial charge in [0.1, 0.15) is 0 Å². The van der Waals surface area contributed by atoms with Crippen LogP contribution >= 0.6 is 0 Å². The highest BCUT2D eigenvalue weighted by molar-refractivity contribution is 5.99. The van der Waals surface area contributed by atoms with Gasteiger partial charge >= 0.3 is 12.1 Å². The zero-order valence-corrected chi connectivity index (χ0v) is 22.1. The molecule has 1 N–H and O–H groups in total. The van der Waals surface area contributed by atoms with E-state index in [1.807, 2.05) is 35.6 Å². The summed E-state index contributed by atoms with van der Waals surface area (Å²) in [5.74, 6) is -0.927. The highest BCUT2D eigenvalue weighted by Gasteiger charge is 2.36. The van der Waals surface area contributed by atoms with Crippen LogP contribution in [0.4, 0.5) is 10.5 Å². The van der Waals surface area contributed by atoms with Crippen molar-refractivity contribution in [3.05, 3.63) is 23.5 Å². The summed E-state index contributed by atoms with van der Waals surface area (Å²) in [6.45, 7) is 2.00. The third-order valence-corrected chi connectivity index (χ3v) is 8.82. The number of fused-ring (bicyclic) bond motifs is 3. The Hall–Kier alpha value is -3.10. The van der Waals surface area contributed by atoms with E-state index in [0.29, 0.717) is 18.7 Å². The number of carboxylic acid groups (broad SMARTS) is 1. The first-order valence-corrected chi connectivity index (χ1v) is 13.7. The fourth-order valence-corrected chi connectivity index (χ4v) is 6.71. The molecule has 3 atom stereocenters. The first-order chi connectivity index (χ1) is 17.8. The van der Waals surface area contributed by atoms with E-state index >= 15 is 0 Å². The number of anilines is 1. The minimum absolute atomic E-state index is 0.00677. The van der Waals surface area contributed by atoms with Gasteiger partial charge in [-0.25, -0.2) is 9.78 Å². The van der Waals surface area contributed by atoms with Gasteiger partial charge in [-0.1, -0.05) is 25.7 Å². The fourth-order valence-electron chi connectivity index (χ4n) is 6.71. The maximum absolute atomic E-state index is 14.0. The van der Waals surface area contributed by atoms with Crippen LogP contribution in [0.3, 0.4) is 0 Å². The lowest BCUT2D eigenvalue weighted by molar-refractivity contribution is -0.143. The van der Waals surface area contributed by atoms with E-state index in [0.717, 1.165) is 73.7 Å². The van der Waals surface area contributed by atoms with Crippen molar-refractivity contribution in [3.63, 3.8) is 0 Å². The van der Waals surface area contributed by atoms with E-state index in [4.69, 9.17) is 9.72 Å². The molecule has 1 aromatic carbocycles. The van der Waals surface area contributed by atoms with Gasteiger partial charge in [0.2, 0.25) is 5.82 Å². The highest BCUT2D eigenvalue weighted by Crippen LogP contribution is 2.41. The molecule has 2 aliphatic carbocycles. The average molecular weight is 511 g/mol. The summed E-state index contributed by atoms with van der Waals surface area (Å²) in [6.07, 6.45) is 9.29. The second-order valence-corrected chi connectivity index (χ2v) is 11.0. The van der Waals surface area contributed by atoms with Crippen molar-refractivity contribution in [2.75, 3.05) is 19.1 Å². The number of nitrogens with zero attached hydrogens (tertiary/aromatic N) is 4. The first kappa shape index (κ1) is 25.5. The first-order valence-electron chi connectivity index (χ1n) is 13.7. The van der Waals surface area contributed by atoms with Crippen molar-refractivity contribution in [2.24, 2.45) is 5.92 Å². The standard InChI is InChI=1S/C28H38N4O5/c1-17-12-13-21-22(31(17)28(36)37-3)14-15-23-24(21)29-25(26(33)30(2)19-9-5-4-6-10-19)32(23)20-11-7-8-18(16-20)27(34)35/h14-15,17-20H,4-13,16H2,1-3H3,(H,34,35)/t17-,18+,20+/m0/s1. The Morgan fingerprint density at radius 1 is 1.05 bits per heavy atom. The number of imidazole rings is 1. The predicted molar refractivity (Wildman–Crippen MR) is 140 cm³/mol. The fraction of sp³-hybridized carbons (Fsp3) is 0.643. The number of methoxy groups -OCH3 is 1. The Kier molecular flexibility index (Phi) is 7.14. The molecule has 5 rings (SSSR count). The van der Waals surface area contributed by atoms with Gasteiger partial charge in [0.15, 0.2) is 0 Å². The topological polar surface area (TPSA) is 105 Å². The van der Waals surface area contributed by atoms with Gasteiger partial charge in [-0.15, -0.1) is 0 Å². The molecular weight excluding hydrogens is 472 g/mol. The molecule has 1 aromatic heterocycles. The van der Waals surface area contributed by atoms with Crippen LogP contribution in [0, 0.1) is 5.92 Å². The molecule has 2 saturated carbocycles. The van der Waals surface area contributed by atoms with Crippen molar-refractivity contribution >= 4 is 34.7 Å². The number of carbonyl (C=O) groups is 3. The molecule has 0 saturated heterocycles. The maximum Gasteiger partial charge on any atom is 0.414 e. The number of aryl methyl sites for hydroxylation is 1. The molecule has 2 heterocycles. The van der Waals surface area contributed by atoms with Gasteiger partial charge in [-0.05, 0) is 64.0 Å². The van der Waals surface area contributed by atoms with Crippen molar-refractivity contribution in [2.45, 2.75) is 95.7 Å². The van der Waals surface area contributed by atoms with Crippen LogP contribution in [0.15, 0.2) is 12.1 Å². The van der Waals surface area contributed by atoms with Crippen LogP contribution in [0.1, 0.15) is 93.4 Å². The number of carboxylic acids is 1. The van der Waals surface area contributed by atoms with Crippen LogP contribution in [0.25, 0.3) is 11.0 Å². The van der Waals surface area contributed by atoms with Gasteiger partial charge < -0.3 is 19.3 Å². The lowest BCUT2D eigenvalue weighted by Crippen LogP contribution is -2.42. The molecular formula is C28H38N4O5. The second-order valence-electron chi connectivity index (χ2n) is 11.0. The van der Waals surface area contributed by atoms with E-state index in [-0.39, 0.29) is 24.0 Å². The Balaban J connectivity index is 1.63. The van der Waals surface area contributed by atoms with Crippen molar-refractivity contribution in [1.29, 1.82) is 0 Å². The lowest BCUT2D eigenvalue weighted by atomic mass is 9.85. The number of benzene rings is 1. The molecule has 2 aromatic rings.